The molecule has 25 heavy (non-hydrogen) atoms. The van der Waals surface area contributed by atoms with Gasteiger partial charge >= 0.3 is 20.9 Å². The third-order valence-corrected chi connectivity index (χ3v) is 6.44. The van der Waals surface area contributed by atoms with Gasteiger partial charge in [0.1, 0.15) is 13.2 Å². The summed E-state index contributed by atoms with van der Waals surface area (Å²) in [5.74, 6) is 0. The average Bonchev–Trinajstić information content (AvgIpc) is 2.53. The van der Waals surface area contributed by atoms with Crippen LogP contribution >= 0.6 is 0 Å². The lowest BCUT2D eigenvalue weighted by molar-refractivity contribution is -0.170. The van der Waals surface area contributed by atoms with Gasteiger partial charge in [0, 0.05) is 0 Å². The molecule has 0 spiro atoms. The van der Waals surface area contributed by atoms with E-state index in [1.54, 1.807) is 6.07 Å². The molecular weight excluding hydrogens is 372 g/mol. The predicted molar refractivity (Wildman–Crippen MR) is 78.3 cm³/mol. The van der Waals surface area contributed by atoms with Gasteiger partial charge < -0.3 is 8.85 Å². The molecular formula is C14H15F6NO3Si. The molecule has 0 aliphatic rings. The normalized spacial score (nSPS) is 12.7. The summed E-state index contributed by atoms with van der Waals surface area (Å²) in [5, 5.41) is 0.138. The fourth-order valence-electron chi connectivity index (χ4n) is 2.02. The van der Waals surface area contributed by atoms with E-state index in [0.717, 1.165) is 0 Å². The number of alkyl halides is 6. The molecule has 0 radical (unpaired) electrons. The number of benzene rings is 1. The van der Waals surface area contributed by atoms with Crippen LogP contribution < -0.4 is 5.19 Å². The van der Waals surface area contributed by atoms with Crippen molar-refractivity contribution in [3.05, 3.63) is 30.3 Å². The Kier molecular flexibility index (Phi) is 7.81. The Morgan fingerprint density at radius 3 is 1.92 bits per heavy atom. The summed E-state index contributed by atoms with van der Waals surface area (Å²) >= 11 is 0. The molecule has 0 N–H and O–H groups in total. The largest absolute Gasteiger partial charge is 0.410 e. The minimum atomic E-state index is -4.73. The molecule has 0 heterocycles. The number of halogens is 6. The number of hydrogen-bond acceptors (Lipinski definition) is 4. The lowest BCUT2D eigenvalue weighted by Gasteiger charge is -2.32. The van der Waals surface area contributed by atoms with Crippen LogP contribution in [0.15, 0.2) is 35.3 Å². The van der Waals surface area contributed by atoms with Gasteiger partial charge in [0.05, 0.1) is 6.54 Å². The van der Waals surface area contributed by atoms with Gasteiger partial charge in [-0.3, -0.25) is 0 Å². The first kappa shape index (κ1) is 21.4. The number of carbonyl (C=O) groups excluding carboxylic acids is 1. The highest BCUT2D eigenvalue weighted by Gasteiger charge is 2.46. The van der Waals surface area contributed by atoms with Gasteiger partial charge in [-0.2, -0.15) is 26.3 Å². The Balaban J connectivity index is 3.12. The summed E-state index contributed by atoms with van der Waals surface area (Å²) in [6.45, 7) is -3.57. The Hall–Kier alpha value is -1.68. The van der Waals surface area contributed by atoms with E-state index < -0.39 is 34.1 Å². The van der Waals surface area contributed by atoms with Crippen molar-refractivity contribution in [3.8, 4) is 0 Å². The first-order valence-electron chi connectivity index (χ1n) is 7.08. The zero-order valence-electron chi connectivity index (χ0n) is 12.9. The molecule has 0 aromatic heterocycles. The van der Waals surface area contributed by atoms with Crippen molar-refractivity contribution in [1.29, 1.82) is 0 Å². The fourth-order valence-corrected chi connectivity index (χ4v) is 5.13. The molecule has 1 aromatic rings. The van der Waals surface area contributed by atoms with Gasteiger partial charge in [0.25, 0.3) is 0 Å². The third kappa shape index (κ3) is 8.30. The Bertz CT molecular complexity index is 554. The van der Waals surface area contributed by atoms with Crippen LogP contribution in [0.4, 0.5) is 26.3 Å². The third-order valence-electron chi connectivity index (χ3n) is 2.99. The fraction of sp³-hybridized carbons (Fsp3) is 0.500. The zero-order valence-corrected chi connectivity index (χ0v) is 13.9. The quantitative estimate of drug-likeness (QED) is 0.215. The molecule has 0 bridgehead atoms. The van der Waals surface area contributed by atoms with Crippen LogP contribution in [0.1, 0.15) is 6.42 Å². The molecule has 140 valence electrons. The van der Waals surface area contributed by atoms with Crippen molar-refractivity contribution in [2.75, 3.05) is 19.8 Å². The van der Waals surface area contributed by atoms with Crippen LogP contribution in [0.3, 0.4) is 0 Å². The van der Waals surface area contributed by atoms with Gasteiger partial charge in [0.2, 0.25) is 6.08 Å². The molecule has 0 fully saturated rings. The number of isocyanates is 1. The van der Waals surface area contributed by atoms with Gasteiger partial charge in [-0.25, -0.2) is 9.79 Å². The molecule has 0 aliphatic heterocycles. The molecule has 4 nitrogen and oxygen atoms in total. The van der Waals surface area contributed by atoms with Crippen molar-refractivity contribution >= 4 is 19.8 Å². The molecule has 0 aliphatic carbocycles. The molecule has 0 atom stereocenters. The predicted octanol–water partition coefficient (Wildman–Crippen LogP) is 3.22. The molecule has 1 rings (SSSR count). The van der Waals surface area contributed by atoms with E-state index in [4.69, 9.17) is 8.85 Å². The lowest BCUT2D eigenvalue weighted by Crippen LogP contribution is -2.56. The molecule has 0 amide bonds. The van der Waals surface area contributed by atoms with Crippen LogP contribution in [0.25, 0.3) is 0 Å². The maximum atomic E-state index is 12.6. The van der Waals surface area contributed by atoms with Gasteiger partial charge in [-0.15, -0.1) is 0 Å². The summed E-state index contributed by atoms with van der Waals surface area (Å²) < 4.78 is 85.2. The first-order valence-corrected chi connectivity index (χ1v) is 9.11. The lowest BCUT2D eigenvalue weighted by atomic mass is 10.4. The maximum Gasteiger partial charge on any atom is 0.410 e. The van der Waals surface area contributed by atoms with Gasteiger partial charge in [0.15, 0.2) is 0 Å². The van der Waals surface area contributed by atoms with E-state index in [2.05, 4.69) is 4.99 Å². The first-order chi connectivity index (χ1) is 11.6. The second-order valence-electron chi connectivity index (χ2n) is 5.00. The van der Waals surface area contributed by atoms with E-state index in [0.29, 0.717) is 0 Å². The zero-order chi connectivity index (χ0) is 19.0. The molecule has 0 saturated heterocycles. The SMILES string of the molecule is O=C=NCCC[Si](OCC(F)(F)F)(OCC(F)(F)F)c1ccccc1. The van der Waals surface area contributed by atoms with E-state index in [1.807, 2.05) is 0 Å². The number of nitrogens with zero attached hydrogens (tertiary/aromatic N) is 1. The minimum absolute atomic E-state index is 0.0199. The van der Waals surface area contributed by atoms with Crippen molar-refractivity contribution in [2.45, 2.75) is 24.8 Å². The Labute approximate surface area is 140 Å². The molecule has 0 saturated carbocycles. The summed E-state index contributed by atoms with van der Waals surface area (Å²) in [6.07, 6.45) is -8.18. The van der Waals surface area contributed by atoms with Crippen molar-refractivity contribution in [3.63, 3.8) is 0 Å². The number of rotatable bonds is 9. The molecule has 0 unspecified atom stereocenters. The highest BCUT2D eigenvalue weighted by molar-refractivity contribution is 6.81. The smallest absolute Gasteiger partial charge is 0.381 e. The second kappa shape index (κ2) is 9.14. The second-order valence-corrected chi connectivity index (χ2v) is 8.16. The van der Waals surface area contributed by atoms with Crippen LogP contribution in [-0.4, -0.2) is 46.8 Å². The number of aliphatic imine (C=N–C) groups is 1. The van der Waals surface area contributed by atoms with Crippen molar-refractivity contribution in [2.24, 2.45) is 4.99 Å². The highest BCUT2D eigenvalue weighted by Crippen LogP contribution is 2.25. The van der Waals surface area contributed by atoms with Crippen molar-refractivity contribution in [1.82, 2.24) is 0 Å². The molecule has 11 heteroatoms. The Morgan fingerprint density at radius 1 is 0.960 bits per heavy atom. The van der Waals surface area contributed by atoms with Crippen LogP contribution in [0.5, 0.6) is 0 Å². The monoisotopic (exact) mass is 387 g/mol. The molecule has 1 aromatic carbocycles. The number of hydrogen-bond donors (Lipinski definition) is 0. The minimum Gasteiger partial charge on any atom is -0.381 e. The van der Waals surface area contributed by atoms with E-state index in [1.165, 1.54) is 30.3 Å². The van der Waals surface area contributed by atoms with Gasteiger partial charge in [-0.05, 0) is 17.7 Å². The van der Waals surface area contributed by atoms with Crippen LogP contribution in [0, 0.1) is 0 Å². The standard InChI is InChI=1S/C14H15F6NO3Si/c15-13(16,17)9-23-25(8-4-7-21-11-22,24-10-14(18,19)20)12-5-2-1-3-6-12/h1-3,5-6H,4,7-10H2. The Morgan fingerprint density at radius 2 is 1.48 bits per heavy atom. The highest BCUT2D eigenvalue weighted by atomic mass is 28.4. The summed E-state index contributed by atoms with van der Waals surface area (Å²) in [7, 11) is -4.07. The van der Waals surface area contributed by atoms with Gasteiger partial charge in [-0.1, -0.05) is 30.3 Å². The summed E-state index contributed by atoms with van der Waals surface area (Å²) in [5.41, 5.74) is 0. The maximum absolute atomic E-state index is 12.6. The average molecular weight is 387 g/mol. The van der Waals surface area contributed by atoms with E-state index in [-0.39, 0.29) is 24.2 Å². The topological polar surface area (TPSA) is 47.9 Å². The van der Waals surface area contributed by atoms with Crippen LogP contribution in [-0.2, 0) is 13.6 Å². The summed E-state index contributed by atoms with van der Waals surface area (Å²) in [6, 6.07) is 6.99. The van der Waals surface area contributed by atoms with E-state index in [9.17, 15) is 31.1 Å². The van der Waals surface area contributed by atoms with Crippen LogP contribution in [0.2, 0.25) is 6.04 Å². The van der Waals surface area contributed by atoms with E-state index >= 15 is 0 Å². The summed E-state index contributed by atoms with van der Waals surface area (Å²) in [4.78, 5) is 13.3. The van der Waals surface area contributed by atoms with Crippen molar-refractivity contribution < 1.29 is 40.0 Å².